The standard InChI is InChI=1S/C15H22N2O2/c1-11(16-10-15(19)7-4-8-15)13-5-3-6-14(9-13)17-12(2)18/h3,5-6,9,11,16,19H,4,7-8,10H2,1-2H3,(H,17,18). The zero-order valence-electron chi connectivity index (χ0n) is 11.6. The molecule has 0 spiro atoms. The smallest absolute Gasteiger partial charge is 0.221 e. The van der Waals surface area contributed by atoms with Crippen LogP contribution in [0, 0.1) is 0 Å². The summed E-state index contributed by atoms with van der Waals surface area (Å²) in [5.41, 5.74) is 1.40. The predicted molar refractivity (Wildman–Crippen MR) is 76.0 cm³/mol. The first kappa shape index (κ1) is 14.0. The van der Waals surface area contributed by atoms with E-state index in [4.69, 9.17) is 0 Å². The Labute approximate surface area is 114 Å². The van der Waals surface area contributed by atoms with E-state index < -0.39 is 5.60 Å². The van der Waals surface area contributed by atoms with E-state index >= 15 is 0 Å². The fourth-order valence-corrected chi connectivity index (χ4v) is 2.31. The highest BCUT2D eigenvalue weighted by Crippen LogP contribution is 2.31. The van der Waals surface area contributed by atoms with Gasteiger partial charge in [0.2, 0.25) is 5.91 Å². The molecule has 4 nitrogen and oxygen atoms in total. The maximum Gasteiger partial charge on any atom is 0.221 e. The van der Waals surface area contributed by atoms with Crippen molar-refractivity contribution in [1.82, 2.24) is 5.32 Å². The second-order valence-electron chi connectivity index (χ2n) is 5.49. The van der Waals surface area contributed by atoms with Gasteiger partial charge >= 0.3 is 0 Å². The minimum Gasteiger partial charge on any atom is -0.389 e. The molecule has 104 valence electrons. The molecule has 1 unspecified atom stereocenters. The first-order valence-corrected chi connectivity index (χ1v) is 6.82. The van der Waals surface area contributed by atoms with Crippen LogP contribution in [0.25, 0.3) is 0 Å². The van der Waals surface area contributed by atoms with E-state index in [1.165, 1.54) is 6.92 Å². The molecule has 1 aliphatic carbocycles. The third-order valence-electron chi connectivity index (χ3n) is 3.73. The number of benzene rings is 1. The summed E-state index contributed by atoms with van der Waals surface area (Å²) in [6, 6.07) is 7.93. The average molecular weight is 262 g/mol. The van der Waals surface area contributed by atoms with Crippen LogP contribution >= 0.6 is 0 Å². The fraction of sp³-hybridized carbons (Fsp3) is 0.533. The quantitative estimate of drug-likeness (QED) is 0.762. The molecule has 2 rings (SSSR count). The van der Waals surface area contributed by atoms with E-state index in [1.54, 1.807) is 0 Å². The SMILES string of the molecule is CC(=O)Nc1cccc(C(C)NCC2(O)CCC2)c1. The average Bonchev–Trinajstić information content (AvgIpc) is 2.33. The van der Waals surface area contributed by atoms with Gasteiger partial charge in [0, 0.05) is 25.2 Å². The molecular formula is C15H22N2O2. The fourth-order valence-electron chi connectivity index (χ4n) is 2.31. The van der Waals surface area contributed by atoms with Gasteiger partial charge in [-0.25, -0.2) is 0 Å². The number of anilines is 1. The normalized spacial score (nSPS) is 18.5. The van der Waals surface area contributed by atoms with Gasteiger partial charge in [0.25, 0.3) is 0 Å². The van der Waals surface area contributed by atoms with Gasteiger partial charge in [-0.3, -0.25) is 4.79 Å². The monoisotopic (exact) mass is 262 g/mol. The summed E-state index contributed by atoms with van der Waals surface area (Å²) in [5.74, 6) is -0.0680. The lowest BCUT2D eigenvalue weighted by atomic mass is 9.80. The first-order valence-electron chi connectivity index (χ1n) is 6.82. The summed E-state index contributed by atoms with van der Waals surface area (Å²) < 4.78 is 0. The molecule has 0 radical (unpaired) electrons. The summed E-state index contributed by atoms with van der Waals surface area (Å²) in [6.07, 6.45) is 2.89. The second-order valence-corrected chi connectivity index (χ2v) is 5.49. The number of amides is 1. The van der Waals surface area contributed by atoms with E-state index in [9.17, 15) is 9.90 Å². The number of carbonyl (C=O) groups excluding carboxylic acids is 1. The summed E-state index contributed by atoms with van der Waals surface area (Å²) in [6.45, 7) is 4.19. The molecule has 19 heavy (non-hydrogen) atoms. The molecule has 1 amide bonds. The molecule has 1 fully saturated rings. The van der Waals surface area contributed by atoms with E-state index in [-0.39, 0.29) is 11.9 Å². The molecule has 1 aromatic rings. The maximum atomic E-state index is 11.0. The summed E-state index contributed by atoms with van der Waals surface area (Å²) in [4.78, 5) is 11.0. The van der Waals surface area contributed by atoms with Crippen molar-refractivity contribution in [3.05, 3.63) is 29.8 Å². The number of hydrogen-bond donors (Lipinski definition) is 3. The Morgan fingerprint density at radius 2 is 2.21 bits per heavy atom. The molecular weight excluding hydrogens is 240 g/mol. The third kappa shape index (κ3) is 3.78. The Balaban J connectivity index is 1.94. The van der Waals surface area contributed by atoms with Crippen LogP contribution in [0.3, 0.4) is 0 Å². The molecule has 0 heterocycles. The number of carbonyl (C=O) groups is 1. The van der Waals surface area contributed by atoms with Crippen LogP contribution in [-0.4, -0.2) is 23.2 Å². The second kappa shape index (κ2) is 5.72. The lowest BCUT2D eigenvalue weighted by Gasteiger charge is -2.37. The van der Waals surface area contributed by atoms with Gasteiger partial charge in [0.1, 0.15) is 0 Å². The van der Waals surface area contributed by atoms with Crippen molar-refractivity contribution < 1.29 is 9.90 Å². The number of rotatable bonds is 5. The van der Waals surface area contributed by atoms with Gasteiger partial charge in [0.15, 0.2) is 0 Å². The Bertz CT molecular complexity index is 455. The van der Waals surface area contributed by atoms with Crippen LogP contribution in [0.2, 0.25) is 0 Å². The van der Waals surface area contributed by atoms with Crippen LogP contribution in [-0.2, 0) is 4.79 Å². The molecule has 1 aliphatic rings. The van der Waals surface area contributed by atoms with Crippen molar-refractivity contribution in [3.63, 3.8) is 0 Å². The predicted octanol–water partition coefficient (Wildman–Crippen LogP) is 2.21. The molecule has 4 heteroatoms. The van der Waals surface area contributed by atoms with Gasteiger partial charge in [-0.1, -0.05) is 12.1 Å². The Kier molecular flexibility index (Phi) is 4.22. The van der Waals surface area contributed by atoms with E-state index in [0.717, 1.165) is 30.5 Å². The van der Waals surface area contributed by atoms with Gasteiger partial charge in [-0.2, -0.15) is 0 Å². The lowest BCUT2D eigenvalue weighted by molar-refractivity contribution is -0.114. The van der Waals surface area contributed by atoms with Crippen LogP contribution in [0.15, 0.2) is 24.3 Å². The van der Waals surface area contributed by atoms with Crippen molar-refractivity contribution >= 4 is 11.6 Å². The number of nitrogens with one attached hydrogen (secondary N) is 2. The molecule has 0 aliphatic heterocycles. The zero-order chi connectivity index (χ0) is 13.9. The maximum absolute atomic E-state index is 11.0. The number of aliphatic hydroxyl groups is 1. The number of hydrogen-bond acceptors (Lipinski definition) is 3. The topological polar surface area (TPSA) is 61.4 Å². The minimum absolute atomic E-state index is 0.0680. The Morgan fingerprint density at radius 1 is 1.47 bits per heavy atom. The van der Waals surface area contributed by atoms with Gasteiger partial charge in [-0.05, 0) is 43.9 Å². The van der Waals surface area contributed by atoms with Crippen LogP contribution in [0.1, 0.15) is 44.7 Å². The lowest BCUT2D eigenvalue weighted by Crippen LogP contribution is -2.46. The van der Waals surface area contributed by atoms with Crippen molar-refractivity contribution in [2.24, 2.45) is 0 Å². The van der Waals surface area contributed by atoms with E-state index in [2.05, 4.69) is 17.6 Å². The highest BCUT2D eigenvalue weighted by molar-refractivity contribution is 5.88. The van der Waals surface area contributed by atoms with Crippen LogP contribution in [0.4, 0.5) is 5.69 Å². The van der Waals surface area contributed by atoms with Crippen molar-refractivity contribution in [1.29, 1.82) is 0 Å². The van der Waals surface area contributed by atoms with Crippen LogP contribution in [0.5, 0.6) is 0 Å². The van der Waals surface area contributed by atoms with Crippen LogP contribution < -0.4 is 10.6 Å². The van der Waals surface area contributed by atoms with Gasteiger partial charge in [-0.15, -0.1) is 0 Å². The van der Waals surface area contributed by atoms with Gasteiger partial charge in [0.05, 0.1) is 5.60 Å². The molecule has 0 saturated heterocycles. The minimum atomic E-state index is -0.510. The Hall–Kier alpha value is -1.39. The molecule has 1 aromatic carbocycles. The summed E-state index contributed by atoms with van der Waals surface area (Å²) in [5, 5.41) is 16.2. The first-order chi connectivity index (χ1) is 8.98. The Morgan fingerprint density at radius 3 is 2.79 bits per heavy atom. The highest BCUT2D eigenvalue weighted by Gasteiger charge is 2.34. The van der Waals surface area contributed by atoms with E-state index in [1.807, 2.05) is 24.3 Å². The highest BCUT2D eigenvalue weighted by atomic mass is 16.3. The largest absolute Gasteiger partial charge is 0.389 e. The van der Waals surface area contributed by atoms with Crippen molar-refractivity contribution in [2.75, 3.05) is 11.9 Å². The molecule has 1 saturated carbocycles. The summed E-state index contributed by atoms with van der Waals surface area (Å²) in [7, 11) is 0. The summed E-state index contributed by atoms with van der Waals surface area (Å²) >= 11 is 0. The zero-order valence-corrected chi connectivity index (χ0v) is 11.6. The van der Waals surface area contributed by atoms with E-state index in [0.29, 0.717) is 6.54 Å². The molecule has 3 N–H and O–H groups in total. The molecule has 0 aromatic heterocycles. The molecule has 0 bridgehead atoms. The van der Waals surface area contributed by atoms with Crippen molar-refractivity contribution in [2.45, 2.75) is 44.8 Å². The third-order valence-corrected chi connectivity index (χ3v) is 3.73. The molecule has 1 atom stereocenters. The van der Waals surface area contributed by atoms with Crippen molar-refractivity contribution in [3.8, 4) is 0 Å². The van der Waals surface area contributed by atoms with Gasteiger partial charge < -0.3 is 15.7 Å².